The average molecular weight is 689 g/mol. The Bertz CT molecular complexity index is 2410. The number of ether oxygens (including phenoxy) is 1. The fourth-order valence-corrected chi connectivity index (χ4v) is 7.74. The minimum atomic E-state index is -0.103. The van der Waals surface area contributed by atoms with Gasteiger partial charge in [0.05, 0.1) is 28.1 Å². The van der Waals surface area contributed by atoms with Crippen LogP contribution >= 0.6 is 0 Å². The first-order chi connectivity index (χ1) is 24.8. The van der Waals surface area contributed by atoms with E-state index in [0.29, 0.717) is 5.92 Å². The van der Waals surface area contributed by atoms with Crippen molar-refractivity contribution >= 4 is 21.8 Å². The number of hydrogen-bond acceptors (Lipinski definition) is 3. The van der Waals surface area contributed by atoms with E-state index in [1.807, 2.05) is 6.20 Å². The zero-order valence-electron chi connectivity index (χ0n) is 32.6. The lowest BCUT2D eigenvalue weighted by molar-refractivity contribution is 0.478. The van der Waals surface area contributed by atoms with Crippen LogP contribution in [-0.2, 0) is 18.3 Å². The highest BCUT2D eigenvalue weighted by Gasteiger charge is 2.24. The number of aryl methyl sites for hydroxylation is 5. The maximum Gasteiger partial charge on any atom is 0.137 e. The van der Waals surface area contributed by atoms with E-state index in [1.165, 1.54) is 55.4 Å². The van der Waals surface area contributed by atoms with Crippen molar-refractivity contribution in [2.75, 3.05) is 0 Å². The van der Waals surface area contributed by atoms with Crippen LogP contribution in [0.1, 0.15) is 87.2 Å². The third-order valence-electron chi connectivity index (χ3n) is 10.4. The molecule has 0 fully saturated rings. The summed E-state index contributed by atoms with van der Waals surface area (Å²) in [6.07, 6.45) is 4.88. The molecule has 0 unspecified atom stereocenters. The van der Waals surface area contributed by atoms with Crippen LogP contribution in [0.15, 0.2) is 91.1 Å². The number of fused-ring (bicyclic) bond motifs is 3. The molecule has 3 aromatic heterocycles. The summed E-state index contributed by atoms with van der Waals surface area (Å²) in [6.45, 7) is 22.4. The fourth-order valence-electron chi connectivity index (χ4n) is 7.74. The van der Waals surface area contributed by atoms with Crippen LogP contribution in [0.5, 0.6) is 11.5 Å². The second-order valence-corrected chi connectivity index (χ2v) is 16.0. The number of pyridine rings is 1. The summed E-state index contributed by atoms with van der Waals surface area (Å²) in [6, 6.07) is 30.5. The summed E-state index contributed by atoms with van der Waals surface area (Å²) < 4.78 is 11.3. The Kier molecular flexibility index (Phi) is 9.33. The zero-order chi connectivity index (χ0) is 36.9. The Morgan fingerprint density at radius 2 is 1.48 bits per heavy atom. The summed E-state index contributed by atoms with van der Waals surface area (Å²) in [5, 5.41) is 7.66. The van der Waals surface area contributed by atoms with Crippen LogP contribution in [-0.4, -0.2) is 19.3 Å². The molecule has 3 heterocycles. The molecule has 0 atom stereocenters. The summed E-state index contributed by atoms with van der Waals surface area (Å²) in [4.78, 5) is 4.82. The van der Waals surface area contributed by atoms with Crippen molar-refractivity contribution in [3.05, 3.63) is 130 Å². The Morgan fingerprint density at radius 1 is 0.750 bits per heavy atom. The van der Waals surface area contributed by atoms with E-state index in [0.717, 1.165) is 59.0 Å². The lowest BCUT2D eigenvalue weighted by Gasteiger charge is -2.22. The smallest absolute Gasteiger partial charge is 0.137 e. The van der Waals surface area contributed by atoms with E-state index in [-0.39, 0.29) is 5.41 Å². The third-order valence-corrected chi connectivity index (χ3v) is 10.4. The average Bonchev–Trinajstić information content (AvgIpc) is 3.60. The minimum Gasteiger partial charge on any atom is -0.457 e. The predicted molar refractivity (Wildman–Crippen MR) is 218 cm³/mol. The number of aromatic nitrogens is 4. The van der Waals surface area contributed by atoms with Crippen molar-refractivity contribution in [3.8, 4) is 34.1 Å². The van der Waals surface area contributed by atoms with Crippen molar-refractivity contribution in [2.24, 2.45) is 5.92 Å². The number of nitrogens with zero attached hydrogens (tertiary/aromatic N) is 4. The molecule has 7 aromatic rings. The van der Waals surface area contributed by atoms with Gasteiger partial charge in [0.15, 0.2) is 0 Å². The molecule has 266 valence electrons. The Morgan fingerprint density at radius 3 is 2.19 bits per heavy atom. The van der Waals surface area contributed by atoms with E-state index < -0.39 is 0 Å². The van der Waals surface area contributed by atoms with Crippen LogP contribution in [0.4, 0.5) is 0 Å². The highest BCUT2D eigenvalue weighted by molar-refractivity contribution is 6.09. The molecule has 0 aliphatic rings. The molecular formula is C47H52N4O. The Labute approximate surface area is 309 Å². The van der Waals surface area contributed by atoms with Gasteiger partial charge in [-0.25, -0.2) is 9.67 Å². The topological polar surface area (TPSA) is 44.9 Å². The normalized spacial score (nSPS) is 12.1. The first kappa shape index (κ1) is 35.3. The zero-order valence-corrected chi connectivity index (χ0v) is 32.6. The predicted octanol–water partition coefficient (Wildman–Crippen LogP) is 12.5. The lowest BCUT2D eigenvalue weighted by atomic mass is 9.86. The molecule has 0 aliphatic carbocycles. The van der Waals surface area contributed by atoms with Gasteiger partial charge in [-0.05, 0) is 129 Å². The van der Waals surface area contributed by atoms with Crippen molar-refractivity contribution in [1.82, 2.24) is 19.3 Å². The largest absolute Gasteiger partial charge is 0.457 e. The number of hydrogen-bond donors (Lipinski definition) is 0. The first-order valence-electron chi connectivity index (χ1n) is 18.8. The van der Waals surface area contributed by atoms with Crippen LogP contribution in [0.25, 0.3) is 44.4 Å². The van der Waals surface area contributed by atoms with E-state index in [1.54, 1.807) is 0 Å². The Hall–Kier alpha value is -5.16. The molecule has 5 heteroatoms. The molecule has 7 rings (SSSR count). The quantitative estimate of drug-likeness (QED) is 0.152. The summed E-state index contributed by atoms with van der Waals surface area (Å²) >= 11 is 0. The maximum atomic E-state index is 6.85. The molecule has 52 heavy (non-hydrogen) atoms. The summed E-state index contributed by atoms with van der Waals surface area (Å²) in [5.74, 6) is 3.06. The molecule has 0 amide bonds. The molecule has 0 N–H and O–H groups in total. The van der Waals surface area contributed by atoms with Crippen molar-refractivity contribution in [3.63, 3.8) is 0 Å². The van der Waals surface area contributed by atoms with Crippen LogP contribution in [0, 0.1) is 33.6 Å². The minimum absolute atomic E-state index is 0.103. The van der Waals surface area contributed by atoms with Gasteiger partial charge in [0, 0.05) is 34.7 Å². The molecule has 5 nitrogen and oxygen atoms in total. The molecule has 0 aliphatic heterocycles. The second-order valence-electron chi connectivity index (χ2n) is 16.0. The van der Waals surface area contributed by atoms with Gasteiger partial charge in [-0.1, -0.05) is 77.4 Å². The fraction of sp³-hybridized carbons (Fsp3) is 0.319. The van der Waals surface area contributed by atoms with Gasteiger partial charge in [0.25, 0.3) is 0 Å². The maximum absolute atomic E-state index is 6.85. The van der Waals surface area contributed by atoms with Gasteiger partial charge in [0.1, 0.15) is 17.3 Å². The van der Waals surface area contributed by atoms with E-state index in [2.05, 4.69) is 163 Å². The van der Waals surface area contributed by atoms with E-state index in [9.17, 15) is 0 Å². The van der Waals surface area contributed by atoms with E-state index in [4.69, 9.17) is 14.8 Å². The second kappa shape index (κ2) is 13.8. The molecule has 0 spiro atoms. The SMILES string of the molecule is CCc1ccnc(-n2c3ccccc3c3ccc(Oc4cc(-n5nc(C)c(-c6c(C)cc(C)cc6C)c5CCC(C)C)cc(C(C)(C)C)c4)cc32)c1. The standard InChI is InChI=1S/C47H52N4O/c1-11-34-20-21-48-44(24-34)50-41-15-13-12-14-39(41)40-18-17-37(28-43(40)50)52-38-26-35(47(8,9)10)25-36(27-38)51-42(19-16-29(2)3)46(33(7)49-51)45-31(5)22-30(4)23-32(45)6/h12-15,17-18,20-29H,11,16,19H2,1-10H3. The summed E-state index contributed by atoms with van der Waals surface area (Å²) in [7, 11) is 0. The monoisotopic (exact) mass is 688 g/mol. The number of rotatable bonds is 9. The van der Waals surface area contributed by atoms with Gasteiger partial charge in [0.2, 0.25) is 0 Å². The highest BCUT2D eigenvalue weighted by Crippen LogP contribution is 2.39. The molecule has 0 saturated heterocycles. The van der Waals surface area contributed by atoms with Crippen LogP contribution < -0.4 is 4.74 Å². The van der Waals surface area contributed by atoms with Crippen molar-refractivity contribution in [2.45, 2.75) is 93.9 Å². The van der Waals surface area contributed by atoms with Gasteiger partial charge in [-0.15, -0.1) is 0 Å². The van der Waals surface area contributed by atoms with Gasteiger partial charge in [-0.3, -0.25) is 4.57 Å². The molecule has 4 aromatic carbocycles. The molecule has 0 saturated carbocycles. The first-order valence-corrected chi connectivity index (χ1v) is 18.8. The molecular weight excluding hydrogens is 637 g/mol. The number of para-hydroxylation sites is 1. The summed E-state index contributed by atoms with van der Waals surface area (Å²) in [5.41, 5.74) is 14.3. The van der Waals surface area contributed by atoms with Crippen molar-refractivity contribution in [1.29, 1.82) is 0 Å². The van der Waals surface area contributed by atoms with E-state index >= 15 is 0 Å². The third kappa shape index (κ3) is 6.65. The number of benzene rings is 4. The molecule has 0 radical (unpaired) electrons. The van der Waals surface area contributed by atoms with Crippen LogP contribution in [0.3, 0.4) is 0 Å². The van der Waals surface area contributed by atoms with Crippen molar-refractivity contribution < 1.29 is 4.74 Å². The molecule has 0 bridgehead atoms. The van der Waals surface area contributed by atoms with Gasteiger partial charge >= 0.3 is 0 Å². The lowest BCUT2D eigenvalue weighted by Crippen LogP contribution is -2.13. The van der Waals surface area contributed by atoms with Gasteiger partial charge in [-0.2, -0.15) is 5.10 Å². The highest BCUT2D eigenvalue weighted by atomic mass is 16.5. The van der Waals surface area contributed by atoms with Gasteiger partial charge < -0.3 is 4.74 Å². The Balaban J connectivity index is 1.38. The van der Waals surface area contributed by atoms with Crippen LogP contribution in [0.2, 0.25) is 0 Å².